The number of nitrogens with zero attached hydrogens (tertiary/aromatic N) is 2. The Balaban J connectivity index is 1.33. The van der Waals surface area contributed by atoms with E-state index in [1.807, 2.05) is 19.1 Å². The van der Waals surface area contributed by atoms with Crippen molar-refractivity contribution in [1.82, 2.24) is 9.88 Å². The zero-order valence-electron chi connectivity index (χ0n) is 22.0. The SMILES string of the molecule is COC(=O)CC(CN1CC[C@@H](CCc2ccc3c(n2)NCCC3)C1)c1cccc(OC[C@@H](C)OC)c1. The molecule has 1 N–H and O–H groups in total. The fraction of sp³-hybridized carbons (Fsp3) is 0.586. The summed E-state index contributed by atoms with van der Waals surface area (Å²) >= 11 is 0. The minimum Gasteiger partial charge on any atom is -0.491 e. The fourth-order valence-electron chi connectivity index (χ4n) is 5.20. The third-order valence-electron chi connectivity index (χ3n) is 7.47. The number of aryl methyl sites for hydroxylation is 2. The van der Waals surface area contributed by atoms with Gasteiger partial charge in [-0.2, -0.15) is 0 Å². The van der Waals surface area contributed by atoms with E-state index in [1.165, 1.54) is 31.2 Å². The van der Waals surface area contributed by atoms with Crippen LogP contribution in [0.25, 0.3) is 0 Å². The van der Waals surface area contributed by atoms with E-state index in [4.69, 9.17) is 19.2 Å². The first-order chi connectivity index (χ1) is 17.5. The number of fused-ring (bicyclic) bond motifs is 1. The molecule has 2 aromatic rings. The minimum atomic E-state index is -0.179. The molecule has 3 atom stereocenters. The van der Waals surface area contributed by atoms with E-state index < -0.39 is 0 Å². The quantitative estimate of drug-likeness (QED) is 0.436. The molecular weight excluding hydrogens is 454 g/mol. The second-order valence-corrected chi connectivity index (χ2v) is 10.2. The Morgan fingerprint density at radius 2 is 2.14 bits per heavy atom. The van der Waals surface area contributed by atoms with E-state index in [2.05, 4.69) is 34.5 Å². The number of nitrogens with one attached hydrogen (secondary N) is 1. The van der Waals surface area contributed by atoms with Crippen LogP contribution in [0.1, 0.15) is 55.3 Å². The van der Waals surface area contributed by atoms with Gasteiger partial charge in [0.1, 0.15) is 18.2 Å². The zero-order valence-corrected chi connectivity index (χ0v) is 22.0. The van der Waals surface area contributed by atoms with Crippen LogP contribution in [0, 0.1) is 5.92 Å². The van der Waals surface area contributed by atoms with Crippen LogP contribution in [0.5, 0.6) is 5.75 Å². The molecule has 0 spiro atoms. The van der Waals surface area contributed by atoms with Crippen molar-refractivity contribution in [1.29, 1.82) is 0 Å². The number of esters is 1. The van der Waals surface area contributed by atoms with Gasteiger partial charge in [-0.25, -0.2) is 4.98 Å². The lowest BCUT2D eigenvalue weighted by atomic mass is 9.94. The van der Waals surface area contributed by atoms with E-state index in [0.717, 1.165) is 62.6 Å². The molecule has 0 saturated carbocycles. The predicted molar refractivity (Wildman–Crippen MR) is 142 cm³/mol. The Hall–Kier alpha value is -2.64. The molecule has 1 unspecified atom stereocenters. The predicted octanol–water partition coefficient (Wildman–Crippen LogP) is 4.45. The van der Waals surface area contributed by atoms with Gasteiger partial charge in [0.25, 0.3) is 0 Å². The van der Waals surface area contributed by atoms with Gasteiger partial charge in [-0.1, -0.05) is 18.2 Å². The summed E-state index contributed by atoms with van der Waals surface area (Å²) in [6.07, 6.45) is 6.04. The Labute approximate surface area is 215 Å². The summed E-state index contributed by atoms with van der Waals surface area (Å²) in [5, 5.41) is 3.44. The van der Waals surface area contributed by atoms with Crippen molar-refractivity contribution in [3.63, 3.8) is 0 Å². The fourth-order valence-corrected chi connectivity index (χ4v) is 5.20. The second kappa shape index (κ2) is 13.1. The molecule has 0 radical (unpaired) electrons. The Bertz CT molecular complexity index is 998. The molecule has 2 aliphatic rings. The minimum absolute atomic E-state index is 0.0221. The van der Waals surface area contributed by atoms with Crippen LogP contribution in [0.4, 0.5) is 5.82 Å². The van der Waals surface area contributed by atoms with Gasteiger partial charge in [-0.3, -0.25) is 4.79 Å². The largest absolute Gasteiger partial charge is 0.491 e. The molecule has 0 bridgehead atoms. The maximum Gasteiger partial charge on any atom is 0.306 e. The highest BCUT2D eigenvalue weighted by Gasteiger charge is 2.27. The highest BCUT2D eigenvalue weighted by atomic mass is 16.5. The number of hydrogen-bond donors (Lipinski definition) is 1. The number of hydrogen-bond acceptors (Lipinski definition) is 7. The van der Waals surface area contributed by atoms with E-state index in [9.17, 15) is 4.79 Å². The number of aromatic nitrogens is 1. The standard InChI is InChI=1S/C29H41N3O4/c1-21(34-2)20-36-27-8-4-6-24(16-27)25(17-28(33)35-3)19-32-15-13-22(18-32)9-11-26-12-10-23-7-5-14-30-29(23)31-26/h4,6,8,10,12,16,21-22,25H,5,7,9,11,13-15,17-20H2,1-3H3,(H,30,31)/t21-,22-,25?/m1/s1. The van der Waals surface area contributed by atoms with Crippen LogP contribution >= 0.6 is 0 Å². The highest BCUT2D eigenvalue weighted by molar-refractivity contribution is 5.70. The van der Waals surface area contributed by atoms with Gasteiger partial charge in [-0.05, 0) is 80.8 Å². The highest BCUT2D eigenvalue weighted by Crippen LogP contribution is 2.29. The van der Waals surface area contributed by atoms with Crippen LogP contribution in [-0.4, -0.2) is 69.0 Å². The number of pyridine rings is 1. The molecule has 1 fully saturated rings. The van der Waals surface area contributed by atoms with Crippen molar-refractivity contribution < 1.29 is 19.0 Å². The van der Waals surface area contributed by atoms with Crippen LogP contribution in [0.2, 0.25) is 0 Å². The topological polar surface area (TPSA) is 72.9 Å². The lowest BCUT2D eigenvalue weighted by Gasteiger charge is -2.24. The van der Waals surface area contributed by atoms with E-state index in [1.54, 1.807) is 7.11 Å². The van der Waals surface area contributed by atoms with Crippen LogP contribution < -0.4 is 10.1 Å². The van der Waals surface area contributed by atoms with Crippen LogP contribution in [0.3, 0.4) is 0 Å². The first-order valence-corrected chi connectivity index (χ1v) is 13.3. The summed E-state index contributed by atoms with van der Waals surface area (Å²) < 4.78 is 16.2. The monoisotopic (exact) mass is 495 g/mol. The molecule has 7 heteroatoms. The van der Waals surface area contributed by atoms with E-state index in [-0.39, 0.29) is 18.0 Å². The number of rotatable bonds is 12. The Morgan fingerprint density at radius 1 is 1.25 bits per heavy atom. The molecule has 1 aromatic carbocycles. The van der Waals surface area contributed by atoms with Crippen LogP contribution in [0.15, 0.2) is 36.4 Å². The number of ether oxygens (including phenoxy) is 3. The van der Waals surface area contributed by atoms with Crippen molar-refractivity contribution in [3.05, 3.63) is 53.2 Å². The average molecular weight is 496 g/mol. The van der Waals surface area contributed by atoms with Gasteiger partial charge in [0.05, 0.1) is 19.6 Å². The third-order valence-corrected chi connectivity index (χ3v) is 7.47. The van der Waals surface area contributed by atoms with Crippen molar-refractivity contribution in [3.8, 4) is 5.75 Å². The third kappa shape index (κ3) is 7.43. The van der Waals surface area contributed by atoms with E-state index >= 15 is 0 Å². The number of likely N-dealkylation sites (tertiary alicyclic amines) is 1. The first kappa shape index (κ1) is 26.4. The summed E-state index contributed by atoms with van der Waals surface area (Å²) in [5.74, 6) is 2.42. The van der Waals surface area contributed by atoms with Crippen LogP contribution in [-0.2, 0) is 27.1 Å². The number of carbonyl (C=O) groups excluding carboxylic acids is 1. The molecule has 1 aromatic heterocycles. The molecule has 7 nitrogen and oxygen atoms in total. The maximum atomic E-state index is 12.2. The van der Waals surface area contributed by atoms with Gasteiger partial charge in [-0.15, -0.1) is 0 Å². The lowest BCUT2D eigenvalue weighted by molar-refractivity contribution is -0.141. The number of benzene rings is 1. The number of anilines is 1. The summed E-state index contributed by atoms with van der Waals surface area (Å²) in [7, 11) is 3.14. The normalized spacial score (nSPS) is 19.2. The van der Waals surface area contributed by atoms with Gasteiger partial charge in [0.2, 0.25) is 0 Å². The molecule has 4 rings (SSSR count). The maximum absolute atomic E-state index is 12.2. The van der Waals surface area contributed by atoms with Crippen molar-refractivity contribution in [2.24, 2.45) is 5.92 Å². The summed E-state index contributed by atoms with van der Waals surface area (Å²) in [4.78, 5) is 19.6. The molecule has 36 heavy (non-hydrogen) atoms. The van der Waals surface area contributed by atoms with Crippen molar-refractivity contribution in [2.75, 3.05) is 52.3 Å². The molecule has 0 aliphatic carbocycles. The van der Waals surface area contributed by atoms with E-state index in [0.29, 0.717) is 18.9 Å². The summed E-state index contributed by atoms with van der Waals surface area (Å²) in [6.45, 7) is 6.45. The molecular formula is C29H41N3O4. The zero-order chi connectivity index (χ0) is 25.3. The van der Waals surface area contributed by atoms with Gasteiger partial charge < -0.3 is 24.4 Å². The molecule has 2 aliphatic heterocycles. The van der Waals surface area contributed by atoms with Crippen molar-refractivity contribution in [2.45, 2.75) is 57.5 Å². The number of carbonyl (C=O) groups is 1. The van der Waals surface area contributed by atoms with Crippen molar-refractivity contribution >= 4 is 11.8 Å². The molecule has 1 saturated heterocycles. The molecule has 196 valence electrons. The van der Waals surface area contributed by atoms with Gasteiger partial charge in [0.15, 0.2) is 0 Å². The summed E-state index contributed by atoms with van der Waals surface area (Å²) in [6, 6.07) is 12.5. The smallest absolute Gasteiger partial charge is 0.306 e. The van der Waals surface area contributed by atoms with Gasteiger partial charge >= 0.3 is 5.97 Å². The molecule has 0 amide bonds. The first-order valence-electron chi connectivity index (χ1n) is 13.3. The lowest BCUT2D eigenvalue weighted by Crippen LogP contribution is -2.28. The summed E-state index contributed by atoms with van der Waals surface area (Å²) in [5.41, 5.74) is 3.64. The Morgan fingerprint density at radius 3 is 2.97 bits per heavy atom. The second-order valence-electron chi connectivity index (χ2n) is 10.2. The number of methoxy groups -OCH3 is 2. The Kier molecular flexibility index (Phi) is 9.59. The van der Waals surface area contributed by atoms with Gasteiger partial charge in [0, 0.05) is 38.4 Å². The molecule has 3 heterocycles. The average Bonchev–Trinajstić information content (AvgIpc) is 3.37.